The van der Waals surface area contributed by atoms with Gasteiger partial charge in [0, 0.05) is 28.3 Å². The molecule has 0 atom stereocenters. The Labute approximate surface area is 205 Å². The number of aromatic nitrogens is 1. The zero-order valence-electron chi connectivity index (χ0n) is 20.6. The number of pyridine rings is 1. The second kappa shape index (κ2) is 8.66. The molecule has 1 N–H and O–H groups in total. The van der Waals surface area contributed by atoms with E-state index in [0.29, 0.717) is 23.5 Å². The van der Waals surface area contributed by atoms with Gasteiger partial charge in [0.1, 0.15) is 5.60 Å². The first-order valence-electron chi connectivity index (χ1n) is 11.6. The minimum atomic E-state index is -0.566. The SMILES string of the molecule is Cc1c(Cl)cccc1C1(Nc2ccc3ccn(C(C)C)c(=O)c3c2)CN(C(=O)OC(C)(C)C)C1. The molecule has 4 rings (SSSR count). The van der Waals surface area contributed by atoms with E-state index in [9.17, 15) is 9.59 Å². The number of fused-ring (bicyclic) bond motifs is 1. The van der Waals surface area contributed by atoms with Crippen molar-refractivity contribution in [1.29, 1.82) is 0 Å². The Morgan fingerprint density at radius 1 is 1.15 bits per heavy atom. The number of amides is 1. The molecule has 1 fully saturated rings. The van der Waals surface area contributed by atoms with Crippen LogP contribution in [0.25, 0.3) is 10.8 Å². The maximum absolute atomic E-state index is 13.1. The number of rotatable bonds is 4. The summed E-state index contributed by atoms with van der Waals surface area (Å²) < 4.78 is 7.31. The summed E-state index contributed by atoms with van der Waals surface area (Å²) >= 11 is 6.46. The minimum absolute atomic E-state index is 0.0203. The van der Waals surface area contributed by atoms with E-state index in [-0.39, 0.29) is 17.7 Å². The second-order valence-corrected chi connectivity index (χ2v) is 10.8. The van der Waals surface area contributed by atoms with Crippen LogP contribution < -0.4 is 10.9 Å². The predicted octanol–water partition coefficient (Wildman–Crippen LogP) is 6.10. The third kappa shape index (κ3) is 4.51. The highest BCUT2D eigenvalue weighted by Crippen LogP contribution is 2.40. The standard InChI is InChI=1S/C27H32ClN3O3/c1-17(2)31-13-12-19-10-11-20(14-21(19)24(31)32)29-27(22-8-7-9-23(28)18(22)3)15-30(16-27)25(33)34-26(4,5)6/h7-14,17,29H,15-16H2,1-6H3. The highest BCUT2D eigenvalue weighted by molar-refractivity contribution is 6.31. The monoisotopic (exact) mass is 481 g/mol. The molecule has 0 bridgehead atoms. The van der Waals surface area contributed by atoms with Crippen molar-refractivity contribution in [3.63, 3.8) is 0 Å². The topological polar surface area (TPSA) is 63.6 Å². The van der Waals surface area contributed by atoms with Crippen LogP contribution in [0.15, 0.2) is 53.5 Å². The number of nitrogens with one attached hydrogen (secondary N) is 1. The van der Waals surface area contributed by atoms with Gasteiger partial charge in [0.05, 0.1) is 18.6 Å². The van der Waals surface area contributed by atoms with Gasteiger partial charge in [-0.25, -0.2) is 4.79 Å². The molecule has 1 saturated heterocycles. The fourth-order valence-electron chi connectivity index (χ4n) is 4.52. The normalized spacial score (nSPS) is 15.4. The van der Waals surface area contributed by atoms with Crippen LogP contribution in [0.1, 0.15) is 51.8 Å². The molecule has 3 aromatic rings. The van der Waals surface area contributed by atoms with E-state index in [1.165, 1.54) is 0 Å². The fraction of sp³-hybridized carbons (Fsp3) is 0.407. The molecule has 0 saturated carbocycles. The van der Waals surface area contributed by atoms with Crippen LogP contribution >= 0.6 is 11.6 Å². The lowest BCUT2D eigenvalue weighted by Gasteiger charge is -2.51. The van der Waals surface area contributed by atoms with Crippen molar-refractivity contribution in [3.05, 3.63) is 75.2 Å². The van der Waals surface area contributed by atoms with E-state index in [1.807, 2.05) is 90.2 Å². The van der Waals surface area contributed by atoms with Gasteiger partial charge in [0.15, 0.2) is 0 Å². The van der Waals surface area contributed by atoms with Crippen molar-refractivity contribution in [2.75, 3.05) is 18.4 Å². The lowest BCUT2D eigenvalue weighted by Crippen LogP contribution is -2.65. The van der Waals surface area contributed by atoms with Gasteiger partial charge in [-0.3, -0.25) is 4.79 Å². The maximum atomic E-state index is 13.1. The molecule has 1 aliphatic rings. The third-order valence-corrected chi connectivity index (χ3v) is 6.64. The van der Waals surface area contributed by atoms with Gasteiger partial charge in [-0.2, -0.15) is 0 Å². The number of benzene rings is 2. The molecule has 180 valence electrons. The van der Waals surface area contributed by atoms with E-state index in [4.69, 9.17) is 16.3 Å². The van der Waals surface area contributed by atoms with Gasteiger partial charge in [0.25, 0.3) is 5.56 Å². The summed E-state index contributed by atoms with van der Waals surface area (Å²) in [6, 6.07) is 13.7. The van der Waals surface area contributed by atoms with E-state index >= 15 is 0 Å². The molecule has 2 aromatic carbocycles. The molecule has 6 nitrogen and oxygen atoms in total. The molecule has 0 aliphatic carbocycles. The first kappa shape index (κ1) is 24.1. The molecule has 1 amide bonds. The molecule has 1 aromatic heterocycles. The highest BCUT2D eigenvalue weighted by Gasteiger charge is 2.48. The Morgan fingerprint density at radius 3 is 2.50 bits per heavy atom. The molecular weight excluding hydrogens is 450 g/mol. The summed E-state index contributed by atoms with van der Waals surface area (Å²) in [6.45, 7) is 12.4. The van der Waals surface area contributed by atoms with Crippen molar-refractivity contribution in [3.8, 4) is 0 Å². The van der Waals surface area contributed by atoms with Crippen LogP contribution in [0.2, 0.25) is 5.02 Å². The van der Waals surface area contributed by atoms with Gasteiger partial charge in [0.2, 0.25) is 0 Å². The number of nitrogens with zero attached hydrogens (tertiary/aromatic N) is 2. The van der Waals surface area contributed by atoms with E-state index in [0.717, 1.165) is 22.2 Å². The Hall–Kier alpha value is -2.99. The number of ether oxygens (including phenoxy) is 1. The van der Waals surface area contributed by atoms with Gasteiger partial charge < -0.3 is 19.5 Å². The number of carbonyl (C=O) groups excluding carboxylic acids is 1. The average Bonchev–Trinajstić information content (AvgIpc) is 2.71. The molecule has 0 spiro atoms. The van der Waals surface area contributed by atoms with Crippen LogP contribution in [0.5, 0.6) is 0 Å². The summed E-state index contributed by atoms with van der Waals surface area (Å²) in [5.41, 5.74) is 1.66. The second-order valence-electron chi connectivity index (χ2n) is 10.4. The third-order valence-electron chi connectivity index (χ3n) is 6.23. The van der Waals surface area contributed by atoms with E-state index in [2.05, 4.69) is 5.32 Å². The Morgan fingerprint density at radius 2 is 1.85 bits per heavy atom. The van der Waals surface area contributed by atoms with Crippen molar-refractivity contribution < 1.29 is 9.53 Å². The first-order valence-corrected chi connectivity index (χ1v) is 11.9. The number of carbonyl (C=O) groups is 1. The predicted molar refractivity (Wildman–Crippen MR) is 138 cm³/mol. The Balaban J connectivity index is 1.72. The van der Waals surface area contributed by atoms with Gasteiger partial charge in [-0.1, -0.05) is 29.8 Å². The van der Waals surface area contributed by atoms with Crippen molar-refractivity contribution >= 4 is 34.2 Å². The molecule has 7 heteroatoms. The lowest BCUT2D eigenvalue weighted by atomic mass is 9.80. The molecule has 1 aliphatic heterocycles. The van der Waals surface area contributed by atoms with Gasteiger partial charge >= 0.3 is 6.09 Å². The van der Waals surface area contributed by atoms with Crippen molar-refractivity contribution in [1.82, 2.24) is 9.47 Å². The molecule has 0 radical (unpaired) electrons. The molecule has 0 unspecified atom stereocenters. The number of hydrogen-bond acceptors (Lipinski definition) is 4. The zero-order valence-corrected chi connectivity index (χ0v) is 21.4. The van der Waals surface area contributed by atoms with Crippen LogP contribution in [0.4, 0.5) is 10.5 Å². The lowest BCUT2D eigenvalue weighted by molar-refractivity contribution is -0.00490. The Kier molecular flexibility index (Phi) is 6.15. The largest absolute Gasteiger partial charge is 0.444 e. The zero-order chi connectivity index (χ0) is 24.8. The van der Waals surface area contributed by atoms with E-state index in [1.54, 1.807) is 9.47 Å². The summed E-state index contributed by atoms with van der Waals surface area (Å²) in [5, 5.41) is 5.86. The van der Waals surface area contributed by atoms with Crippen molar-refractivity contribution in [2.45, 2.75) is 58.7 Å². The summed E-state index contributed by atoms with van der Waals surface area (Å²) in [7, 11) is 0. The quantitative estimate of drug-likeness (QED) is 0.488. The van der Waals surface area contributed by atoms with Crippen LogP contribution in [-0.2, 0) is 10.3 Å². The summed E-state index contributed by atoms with van der Waals surface area (Å²) in [4.78, 5) is 27.4. The number of likely N-dealkylation sites (tertiary alicyclic amines) is 1. The highest BCUT2D eigenvalue weighted by atomic mass is 35.5. The number of hydrogen-bond donors (Lipinski definition) is 1. The molecular formula is C27H32ClN3O3. The van der Waals surface area contributed by atoms with Crippen LogP contribution in [0, 0.1) is 6.92 Å². The number of halogens is 1. The van der Waals surface area contributed by atoms with Gasteiger partial charge in [-0.15, -0.1) is 0 Å². The Bertz CT molecular complexity index is 1300. The summed E-state index contributed by atoms with van der Waals surface area (Å²) in [5.74, 6) is 0. The minimum Gasteiger partial charge on any atom is -0.444 e. The maximum Gasteiger partial charge on any atom is 0.410 e. The summed E-state index contributed by atoms with van der Waals surface area (Å²) in [6.07, 6.45) is 1.49. The van der Waals surface area contributed by atoms with Crippen LogP contribution in [-0.4, -0.2) is 34.3 Å². The average molecular weight is 482 g/mol. The van der Waals surface area contributed by atoms with Crippen LogP contribution in [0.3, 0.4) is 0 Å². The van der Waals surface area contributed by atoms with E-state index < -0.39 is 11.1 Å². The molecule has 34 heavy (non-hydrogen) atoms. The first-order chi connectivity index (χ1) is 15.9. The smallest absolute Gasteiger partial charge is 0.410 e. The fourth-order valence-corrected chi connectivity index (χ4v) is 4.69. The van der Waals surface area contributed by atoms with Crippen molar-refractivity contribution in [2.24, 2.45) is 0 Å². The van der Waals surface area contributed by atoms with Gasteiger partial charge in [-0.05, 0) is 82.3 Å². The number of anilines is 1. The molecule has 2 heterocycles.